The molecule has 0 N–H and O–H groups in total. The van der Waals surface area contributed by atoms with Crippen LogP contribution in [0.2, 0.25) is 0 Å². The summed E-state index contributed by atoms with van der Waals surface area (Å²) in [5.41, 5.74) is 6.00. The van der Waals surface area contributed by atoms with Gasteiger partial charge in [-0.2, -0.15) is 5.10 Å². The van der Waals surface area contributed by atoms with Gasteiger partial charge < -0.3 is 4.74 Å². The van der Waals surface area contributed by atoms with Crippen LogP contribution in [-0.2, 0) is 10.3 Å². The maximum Gasteiger partial charge on any atom is 0.338 e. The zero-order valence-corrected chi connectivity index (χ0v) is 24.5. The summed E-state index contributed by atoms with van der Waals surface area (Å²) in [6.07, 6.45) is 7.48. The molecule has 220 valence electrons. The number of ether oxygens (including phenoxy) is 1. The Hall–Kier alpha value is -5.82. The van der Waals surface area contributed by atoms with Gasteiger partial charge >= 0.3 is 5.97 Å². The first-order valence-corrected chi connectivity index (χ1v) is 14.8. The SMILES string of the molecule is CCOC(=O)c1ccc(-c2cnc3ccc(-c4cnn(C(c5ccccc5)(c5ccccc5)c5ccccc5)c4)cn23)c(F)c1. The number of nitrogens with zero attached hydrogens (tertiary/aromatic N) is 4. The molecule has 4 aromatic carbocycles. The third kappa shape index (κ3) is 4.88. The van der Waals surface area contributed by atoms with Crippen LogP contribution >= 0.6 is 0 Å². The van der Waals surface area contributed by atoms with Crippen molar-refractivity contribution in [1.82, 2.24) is 19.2 Å². The van der Waals surface area contributed by atoms with E-state index in [1.165, 1.54) is 6.07 Å². The number of pyridine rings is 1. The Bertz CT molecular complexity index is 2010. The van der Waals surface area contributed by atoms with Crippen molar-refractivity contribution in [3.8, 4) is 22.4 Å². The van der Waals surface area contributed by atoms with E-state index in [2.05, 4.69) is 47.6 Å². The van der Waals surface area contributed by atoms with Crippen LogP contribution < -0.4 is 0 Å². The van der Waals surface area contributed by atoms with Crippen molar-refractivity contribution in [1.29, 1.82) is 0 Å². The Balaban J connectivity index is 1.36. The summed E-state index contributed by atoms with van der Waals surface area (Å²) in [5, 5.41) is 4.99. The second-order valence-corrected chi connectivity index (χ2v) is 10.7. The van der Waals surface area contributed by atoms with E-state index in [9.17, 15) is 4.79 Å². The molecule has 0 saturated carbocycles. The highest BCUT2D eigenvalue weighted by molar-refractivity contribution is 5.90. The number of carbonyl (C=O) groups excluding carboxylic acids is 1. The summed E-state index contributed by atoms with van der Waals surface area (Å²) in [4.78, 5) is 16.6. The highest BCUT2D eigenvalue weighted by Gasteiger charge is 2.39. The van der Waals surface area contributed by atoms with E-state index in [-0.39, 0.29) is 12.2 Å². The number of benzene rings is 4. The zero-order chi connectivity index (χ0) is 30.8. The van der Waals surface area contributed by atoms with Crippen LogP contribution in [0, 0.1) is 5.82 Å². The average molecular weight is 593 g/mol. The lowest BCUT2D eigenvalue weighted by atomic mass is 9.77. The number of esters is 1. The molecule has 0 aliphatic heterocycles. The van der Waals surface area contributed by atoms with E-state index in [0.29, 0.717) is 16.9 Å². The van der Waals surface area contributed by atoms with Gasteiger partial charge in [-0.25, -0.2) is 14.2 Å². The van der Waals surface area contributed by atoms with Crippen LogP contribution in [-0.4, -0.2) is 31.7 Å². The summed E-state index contributed by atoms with van der Waals surface area (Å²) in [6, 6.07) is 39.4. The molecule has 0 saturated heterocycles. The van der Waals surface area contributed by atoms with Crippen molar-refractivity contribution in [2.24, 2.45) is 0 Å². The molecule has 0 amide bonds. The molecular formula is C38H29FN4O2. The van der Waals surface area contributed by atoms with Crippen LogP contribution in [0.5, 0.6) is 0 Å². The smallest absolute Gasteiger partial charge is 0.338 e. The molecule has 6 nitrogen and oxygen atoms in total. The van der Waals surface area contributed by atoms with Crippen molar-refractivity contribution < 1.29 is 13.9 Å². The number of halogens is 1. The van der Waals surface area contributed by atoms with E-state index in [1.54, 1.807) is 25.3 Å². The van der Waals surface area contributed by atoms with Crippen LogP contribution in [0.1, 0.15) is 34.0 Å². The quantitative estimate of drug-likeness (QED) is 0.132. The molecule has 45 heavy (non-hydrogen) atoms. The number of fused-ring (bicyclic) bond motifs is 1. The Morgan fingerprint density at radius 1 is 0.756 bits per heavy atom. The Morgan fingerprint density at radius 2 is 1.38 bits per heavy atom. The lowest BCUT2D eigenvalue weighted by Gasteiger charge is -2.36. The second kappa shape index (κ2) is 11.7. The Labute approximate surface area is 260 Å². The molecule has 0 atom stereocenters. The standard InChI is InChI=1S/C38H29FN4O2/c1-2-45-37(44)27-18-20-33(34(39)22-27)35-24-40-36-21-19-28(25-42(35)36)29-23-41-43(26-29)38(30-12-6-3-7-13-30,31-14-8-4-9-15-31)32-16-10-5-11-17-32/h3-26H,2H2,1H3. The van der Waals surface area contributed by atoms with Gasteiger partial charge in [0, 0.05) is 29.1 Å². The molecule has 7 aromatic rings. The first-order valence-electron chi connectivity index (χ1n) is 14.8. The van der Waals surface area contributed by atoms with Crippen LogP contribution in [0.15, 0.2) is 146 Å². The third-order valence-corrected chi connectivity index (χ3v) is 8.10. The molecule has 3 heterocycles. The fourth-order valence-corrected chi connectivity index (χ4v) is 6.01. The van der Waals surface area contributed by atoms with Gasteiger partial charge in [0.1, 0.15) is 17.0 Å². The van der Waals surface area contributed by atoms with Gasteiger partial charge in [-0.15, -0.1) is 0 Å². The van der Waals surface area contributed by atoms with Gasteiger partial charge in [-0.3, -0.25) is 9.08 Å². The third-order valence-electron chi connectivity index (χ3n) is 8.10. The average Bonchev–Trinajstić information content (AvgIpc) is 3.75. The van der Waals surface area contributed by atoms with Gasteiger partial charge in [-0.05, 0) is 53.9 Å². The molecule has 0 fully saturated rings. The maximum atomic E-state index is 15.3. The summed E-state index contributed by atoms with van der Waals surface area (Å²) >= 11 is 0. The summed E-state index contributed by atoms with van der Waals surface area (Å²) in [7, 11) is 0. The number of aromatic nitrogens is 4. The summed E-state index contributed by atoms with van der Waals surface area (Å²) < 4.78 is 24.2. The summed E-state index contributed by atoms with van der Waals surface area (Å²) in [5.74, 6) is -1.09. The molecule has 0 unspecified atom stereocenters. The van der Waals surface area contributed by atoms with Gasteiger partial charge in [0.2, 0.25) is 0 Å². The van der Waals surface area contributed by atoms with Crippen molar-refractivity contribution in [2.75, 3.05) is 6.61 Å². The van der Waals surface area contributed by atoms with E-state index in [0.717, 1.165) is 27.8 Å². The minimum atomic E-state index is -0.740. The second-order valence-electron chi connectivity index (χ2n) is 10.7. The monoisotopic (exact) mass is 592 g/mol. The predicted octanol–water partition coefficient (Wildman–Crippen LogP) is 8.02. The van der Waals surface area contributed by atoms with Crippen molar-refractivity contribution in [2.45, 2.75) is 12.5 Å². The van der Waals surface area contributed by atoms with Gasteiger partial charge in [-0.1, -0.05) is 91.0 Å². The Kier molecular flexibility index (Phi) is 7.27. The molecule has 0 aliphatic rings. The van der Waals surface area contributed by atoms with Gasteiger partial charge in [0.05, 0.1) is 30.3 Å². The van der Waals surface area contributed by atoms with Crippen molar-refractivity contribution in [3.63, 3.8) is 0 Å². The number of carbonyl (C=O) groups is 1. The fourth-order valence-electron chi connectivity index (χ4n) is 6.01. The number of hydrogen-bond acceptors (Lipinski definition) is 4. The van der Waals surface area contributed by atoms with E-state index in [4.69, 9.17) is 9.84 Å². The van der Waals surface area contributed by atoms with Crippen LogP contribution in [0.4, 0.5) is 4.39 Å². The maximum absolute atomic E-state index is 15.3. The molecule has 7 rings (SSSR count). The first kappa shape index (κ1) is 28.0. The minimum absolute atomic E-state index is 0.166. The molecular weight excluding hydrogens is 563 g/mol. The number of hydrogen-bond donors (Lipinski definition) is 0. The molecule has 0 radical (unpaired) electrons. The molecule has 7 heteroatoms. The fraction of sp³-hybridized carbons (Fsp3) is 0.0789. The normalized spacial score (nSPS) is 11.5. The van der Waals surface area contributed by atoms with E-state index >= 15 is 4.39 Å². The van der Waals surface area contributed by atoms with Crippen LogP contribution in [0.3, 0.4) is 0 Å². The first-order chi connectivity index (χ1) is 22.1. The summed E-state index contributed by atoms with van der Waals surface area (Å²) in [6.45, 7) is 1.94. The lowest BCUT2D eigenvalue weighted by molar-refractivity contribution is 0.0526. The van der Waals surface area contributed by atoms with Gasteiger partial charge in [0.25, 0.3) is 0 Å². The molecule has 3 aromatic heterocycles. The van der Waals surface area contributed by atoms with Crippen molar-refractivity contribution >= 4 is 11.6 Å². The van der Waals surface area contributed by atoms with E-state index < -0.39 is 17.3 Å². The molecule has 0 aliphatic carbocycles. The zero-order valence-electron chi connectivity index (χ0n) is 24.5. The Morgan fingerprint density at radius 3 is 1.96 bits per heavy atom. The highest BCUT2D eigenvalue weighted by atomic mass is 19.1. The van der Waals surface area contributed by atoms with Crippen LogP contribution in [0.25, 0.3) is 28.0 Å². The number of imidazole rings is 1. The molecule has 0 spiro atoms. The largest absolute Gasteiger partial charge is 0.462 e. The highest BCUT2D eigenvalue weighted by Crippen LogP contribution is 2.41. The minimum Gasteiger partial charge on any atom is -0.462 e. The van der Waals surface area contributed by atoms with Gasteiger partial charge in [0.15, 0.2) is 0 Å². The van der Waals surface area contributed by atoms with E-state index in [1.807, 2.05) is 88.2 Å². The lowest BCUT2D eigenvalue weighted by Crippen LogP contribution is -2.38. The number of rotatable bonds is 8. The van der Waals surface area contributed by atoms with Crippen molar-refractivity contribution in [3.05, 3.63) is 174 Å². The predicted molar refractivity (Wildman–Crippen MR) is 172 cm³/mol. The topological polar surface area (TPSA) is 61.4 Å². The molecule has 0 bridgehead atoms.